The van der Waals surface area contributed by atoms with Crippen LogP contribution in [0, 0.1) is 5.82 Å². The van der Waals surface area contributed by atoms with Crippen LogP contribution in [0.2, 0.25) is 0 Å². The van der Waals surface area contributed by atoms with E-state index in [9.17, 15) is 14.0 Å². The van der Waals surface area contributed by atoms with Crippen LogP contribution in [0.4, 0.5) is 14.9 Å². The first kappa shape index (κ1) is 14.3. The predicted molar refractivity (Wildman–Crippen MR) is 70.9 cm³/mol. The number of rotatable bonds is 4. The van der Waals surface area contributed by atoms with Crippen molar-refractivity contribution < 1.29 is 18.7 Å². The van der Waals surface area contributed by atoms with Crippen LogP contribution in [0.1, 0.15) is 23.2 Å². The molecule has 6 nitrogen and oxygen atoms in total. The van der Waals surface area contributed by atoms with E-state index in [1.54, 1.807) is 0 Å². The lowest BCUT2D eigenvalue weighted by molar-refractivity contribution is 0.0996. The standard InChI is InChI=1S/C13H16FN3O3/c14-11-4-3-8(6-10(11)12(15)18)17-13(19)16-7-9-2-1-5-20-9/h3-4,6,9H,1-2,5,7H2,(H2,15,18)(H2,16,17,19)/t9-/m0/s1. The van der Waals surface area contributed by atoms with Gasteiger partial charge < -0.3 is 21.1 Å². The average Bonchev–Trinajstić information content (AvgIpc) is 2.91. The maximum absolute atomic E-state index is 13.3. The van der Waals surface area contributed by atoms with Crippen molar-refractivity contribution in [3.63, 3.8) is 0 Å². The topological polar surface area (TPSA) is 93.5 Å². The molecule has 0 radical (unpaired) electrons. The Morgan fingerprint density at radius 3 is 2.90 bits per heavy atom. The molecule has 4 N–H and O–H groups in total. The Morgan fingerprint density at radius 2 is 2.25 bits per heavy atom. The van der Waals surface area contributed by atoms with Crippen molar-refractivity contribution in [1.29, 1.82) is 0 Å². The third-order valence-electron chi connectivity index (χ3n) is 3.00. The highest BCUT2D eigenvalue weighted by atomic mass is 19.1. The number of halogens is 1. The maximum atomic E-state index is 13.3. The Labute approximate surface area is 115 Å². The zero-order valence-electron chi connectivity index (χ0n) is 10.8. The number of anilines is 1. The predicted octanol–water partition coefficient (Wildman–Crippen LogP) is 1.23. The molecule has 0 unspecified atom stereocenters. The molecule has 0 aromatic heterocycles. The average molecular weight is 281 g/mol. The van der Waals surface area contributed by atoms with Gasteiger partial charge in [-0.15, -0.1) is 0 Å². The van der Waals surface area contributed by atoms with Gasteiger partial charge >= 0.3 is 6.03 Å². The maximum Gasteiger partial charge on any atom is 0.319 e. The van der Waals surface area contributed by atoms with Crippen molar-refractivity contribution in [2.45, 2.75) is 18.9 Å². The fourth-order valence-electron chi connectivity index (χ4n) is 1.98. The lowest BCUT2D eigenvalue weighted by atomic mass is 10.2. The van der Waals surface area contributed by atoms with Crippen LogP contribution in [0.3, 0.4) is 0 Å². The molecule has 1 aromatic rings. The van der Waals surface area contributed by atoms with Gasteiger partial charge in [-0.25, -0.2) is 9.18 Å². The van der Waals surface area contributed by atoms with E-state index in [1.807, 2.05) is 0 Å². The van der Waals surface area contributed by atoms with Crippen LogP contribution >= 0.6 is 0 Å². The molecule has 2 rings (SSSR count). The van der Waals surface area contributed by atoms with Crippen LogP contribution in [-0.2, 0) is 4.74 Å². The number of primary amides is 1. The van der Waals surface area contributed by atoms with Crippen LogP contribution in [0.15, 0.2) is 18.2 Å². The normalized spacial score (nSPS) is 17.8. The first-order valence-corrected chi connectivity index (χ1v) is 6.32. The van der Waals surface area contributed by atoms with E-state index in [4.69, 9.17) is 10.5 Å². The number of hydrogen-bond donors (Lipinski definition) is 3. The number of hydrogen-bond acceptors (Lipinski definition) is 3. The minimum atomic E-state index is -0.883. The molecule has 0 saturated carbocycles. The van der Waals surface area contributed by atoms with Gasteiger partial charge in [0.25, 0.3) is 5.91 Å². The highest BCUT2D eigenvalue weighted by molar-refractivity contribution is 5.96. The van der Waals surface area contributed by atoms with Crippen molar-refractivity contribution in [1.82, 2.24) is 5.32 Å². The Kier molecular flexibility index (Phi) is 4.52. The molecule has 1 atom stereocenters. The van der Waals surface area contributed by atoms with Gasteiger partial charge in [-0.3, -0.25) is 4.79 Å². The summed E-state index contributed by atoms with van der Waals surface area (Å²) in [5, 5.41) is 5.16. The molecular weight excluding hydrogens is 265 g/mol. The number of ether oxygens (including phenoxy) is 1. The van der Waals surface area contributed by atoms with E-state index in [0.29, 0.717) is 18.8 Å². The molecule has 7 heteroatoms. The number of carbonyl (C=O) groups is 2. The van der Waals surface area contributed by atoms with Crippen LogP contribution in [0.25, 0.3) is 0 Å². The van der Waals surface area contributed by atoms with Gasteiger partial charge in [-0.1, -0.05) is 0 Å². The van der Waals surface area contributed by atoms with Gasteiger partial charge in [0.05, 0.1) is 11.7 Å². The van der Waals surface area contributed by atoms with Crippen molar-refractivity contribution in [3.05, 3.63) is 29.6 Å². The highest BCUT2D eigenvalue weighted by Crippen LogP contribution is 2.14. The zero-order valence-corrected chi connectivity index (χ0v) is 10.8. The van der Waals surface area contributed by atoms with Crippen molar-refractivity contribution in [3.8, 4) is 0 Å². The van der Waals surface area contributed by atoms with Crippen molar-refractivity contribution in [2.24, 2.45) is 5.73 Å². The summed E-state index contributed by atoms with van der Waals surface area (Å²) in [6.45, 7) is 1.13. The molecule has 20 heavy (non-hydrogen) atoms. The molecule has 1 aromatic carbocycles. The summed E-state index contributed by atoms with van der Waals surface area (Å²) < 4.78 is 18.6. The summed E-state index contributed by atoms with van der Waals surface area (Å²) in [5.74, 6) is -1.60. The number of nitrogens with two attached hydrogens (primary N) is 1. The van der Waals surface area contributed by atoms with Gasteiger partial charge in [0.2, 0.25) is 0 Å². The van der Waals surface area contributed by atoms with Crippen molar-refractivity contribution in [2.75, 3.05) is 18.5 Å². The molecule has 1 aliphatic heterocycles. The summed E-state index contributed by atoms with van der Waals surface area (Å²) in [6.07, 6.45) is 1.95. The quantitative estimate of drug-likeness (QED) is 0.774. The Bertz CT molecular complexity index is 516. The minimum Gasteiger partial charge on any atom is -0.376 e. The van der Waals surface area contributed by atoms with Gasteiger partial charge in [0.1, 0.15) is 5.82 Å². The number of carbonyl (C=O) groups excluding carboxylic acids is 2. The SMILES string of the molecule is NC(=O)c1cc(NC(=O)NC[C@@H]2CCCO2)ccc1F. The molecule has 1 fully saturated rings. The Hall–Kier alpha value is -2.15. The minimum absolute atomic E-state index is 0.0372. The van der Waals surface area contributed by atoms with E-state index in [0.717, 1.165) is 18.9 Å². The first-order valence-electron chi connectivity index (χ1n) is 6.32. The van der Waals surface area contributed by atoms with Crippen LogP contribution < -0.4 is 16.4 Å². The van der Waals surface area contributed by atoms with Gasteiger partial charge in [-0.05, 0) is 31.0 Å². The van der Waals surface area contributed by atoms with E-state index in [-0.39, 0.29) is 11.7 Å². The molecule has 0 bridgehead atoms. The number of urea groups is 1. The third-order valence-corrected chi connectivity index (χ3v) is 3.00. The molecule has 108 valence electrons. The monoisotopic (exact) mass is 281 g/mol. The number of amides is 3. The fourth-order valence-corrected chi connectivity index (χ4v) is 1.98. The molecule has 0 aliphatic carbocycles. The summed E-state index contributed by atoms with van der Waals surface area (Å²) in [7, 11) is 0. The van der Waals surface area contributed by atoms with E-state index >= 15 is 0 Å². The molecule has 1 saturated heterocycles. The van der Waals surface area contributed by atoms with Crippen LogP contribution in [-0.4, -0.2) is 31.2 Å². The Balaban J connectivity index is 1.90. The number of nitrogens with one attached hydrogen (secondary N) is 2. The highest BCUT2D eigenvalue weighted by Gasteiger charge is 2.16. The van der Waals surface area contributed by atoms with Gasteiger partial charge in [0.15, 0.2) is 0 Å². The first-order chi connectivity index (χ1) is 9.56. The summed E-state index contributed by atoms with van der Waals surface area (Å²) >= 11 is 0. The van der Waals surface area contributed by atoms with E-state index in [2.05, 4.69) is 10.6 Å². The Morgan fingerprint density at radius 1 is 1.45 bits per heavy atom. The second kappa shape index (κ2) is 6.33. The summed E-state index contributed by atoms with van der Waals surface area (Å²) in [5.41, 5.74) is 5.07. The molecule has 0 spiro atoms. The summed E-state index contributed by atoms with van der Waals surface area (Å²) in [6, 6.07) is 3.19. The van der Waals surface area contributed by atoms with Crippen molar-refractivity contribution >= 4 is 17.6 Å². The zero-order chi connectivity index (χ0) is 14.5. The lowest BCUT2D eigenvalue weighted by Crippen LogP contribution is -2.35. The fraction of sp³-hybridized carbons (Fsp3) is 0.385. The largest absolute Gasteiger partial charge is 0.376 e. The third kappa shape index (κ3) is 3.67. The molecular formula is C13H16FN3O3. The molecule has 3 amide bonds. The second-order valence-corrected chi connectivity index (χ2v) is 4.53. The lowest BCUT2D eigenvalue weighted by Gasteiger charge is -2.12. The second-order valence-electron chi connectivity index (χ2n) is 4.53. The molecule has 1 heterocycles. The smallest absolute Gasteiger partial charge is 0.319 e. The molecule has 1 aliphatic rings. The van der Waals surface area contributed by atoms with E-state index in [1.165, 1.54) is 12.1 Å². The van der Waals surface area contributed by atoms with Crippen LogP contribution in [0.5, 0.6) is 0 Å². The number of benzene rings is 1. The summed E-state index contributed by atoms with van der Waals surface area (Å²) in [4.78, 5) is 22.6. The van der Waals surface area contributed by atoms with Gasteiger partial charge in [-0.2, -0.15) is 0 Å². The van der Waals surface area contributed by atoms with E-state index < -0.39 is 17.8 Å². The van der Waals surface area contributed by atoms with Gasteiger partial charge in [0, 0.05) is 18.8 Å².